The number of nitrogens with one attached hydrogen (secondary N) is 1. The maximum absolute atomic E-state index is 12.6. The average Bonchev–Trinajstić information content (AvgIpc) is 3.18. The van der Waals surface area contributed by atoms with Crippen molar-refractivity contribution in [3.8, 4) is 11.4 Å². The molecule has 1 saturated heterocycles. The van der Waals surface area contributed by atoms with Crippen molar-refractivity contribution in [3.63, 3.8) is 0 Å². The van der Waals surface area contributed by atoms with Crippen molar-refractivity contribution >= 4 is 23.3 Å². The summed E-state index contributed by atoms with van der Waals surface area (Å²) in [6.07, 6.45) is 3.29. The minimum absolute atomic E-state index is 0.00924. The van der Waals surface area contributed by atoms with Crippen molar-refractivity contribution in [2.75, 3.05) is 18.0 Å². The number of pyridine rings is 1. The van der Waals surface area contributed by atoms with Crippen molar-refractivity contribution in [2.45, 2.75) is 26.3 Å². The van der Waals surface area contributed by atoms with E-state index in [0.717, 1.165) is 42.9 Å². The summed E-state index contributed by atoms with van der Waals surface area (Å²) in [5.41, 5.74) is 1.84. The van der Waals surface area contributed by atoms with Gasteiger partial charge in [-0.15, -0.1) is 0 Å². The van der Waals surface area contributed by atoms with Gasteiger partial charge < -0.3 is 14.7 Å². The molecule has 1 aliphatic heterocycles. The molecule has 7 nitrogen and oxygen atoms in total. The molecule has 0 saturated carbocycles. The zero-order valence-corrected chi connectivity index (χ0v) is 16.9. The monoisotopic (exact) mass is 411 g/mol. The molecule has 29 heavy (non-hydrogen) atoms. The Morgan fingerprint density at radius 2 is 2.10 bits per heavy atom. The molecule has 0 aliphatic carbocycles. The van der Waals surface area contributed by atoms with Crippen LogP contribution in [-0.2, 0) is 11.3 Å². The van der Waals surface area contributed by atoms with Crippen molar-refractivity contribution in [1.29, 1.82) is 0 Å². The number of halogens is 1. The largest absolute Gasteiger partial charge is 0.356 e. The second kappa shape index (κ2) is 8.61. The molecule has 1 fully saturated rings. The first-order valence-corrected chi connectivity index (χ1v) is 10.0. The number of aromatic nitrogens is 3. The summed E-state index contributed by atoms with van der Waals surface area (Å²) in [5.74, 6) is 1.95. The molecule has 0 bridgehead atoms. The SMILES string of the molecule is Cc1nc(-c2cccnc2N2CCC(C(=O)NCc3cccc(Cl)c3)CC2)no1. The fourth-order valence-electron chi connectivity index (χ4n) is 3.57. The Balaban J connectivity index is 1.37. The summed E-state index contributed by atoms with van der Waals surface area (Å²) in [6.45, 7) is 3.74. The standard InChI is InChI=1S/C21H22ClN5O2/c1-14-25-19(26-29-14)18-6-3-9-23-20(18)27-10-7-16(8-11-27)21(28)24-13-15-4-2-5-17(22)12-15/h2-6,9,12,16H,7-8,10-11,13H2,1H3,(H,24,28). The third-order valence-electron chi connectivity index (χ3n) is 5.08. The number of hydrogen-bond acceptors (Lipinski definition) is 6. The summed E-state index contributed by atoms with van der Waals surface area (Å²) in [7, 11) is 0. The zero-order valence-electron chi connectivity index (χ0n) is 16.1. The van der Waals surface area contributed by atoms with Gasteiger partial charge in [0.1, 0.15) is 5.82 Å². The topological polar surface area (TPSA) is 84.2 Å². The number of carbonyl (C=O) groups is 1. The minimum Gasteiger partial charge on any atom is -0.356 e. The van der Waals surface area contributed by atoms with Gasteiger partial charge in [-0.3, -0.25) is 4.79 Å². The van der Waals surface area contributed by atoms with Gasteiger partial charge in [0.2, 0.25) is 17.6 Å². The normalized spacial score (nSPS) is 14.8. The van der Waals surface area contributed by atoms with E-state index in [4.69, 9.17) is 16.1 Å². The summed E-state index contributed by atoms with van der Waals surface area (Å²) in [5, 5.41) is 7.72. The van der Waals surface area contributed by atoms with Crippen LogP contribution < -0.4 is 10.2 Å². The number of rotatable bonds is 5. The zero-order chi connectivity index (χ0) is 20.2. The Morgan fingerprint density at radius 3 is 2.83 bits per heavy atom. The number of nitrogens with zero attached hydrogens (tertiary/aromatic N) is 4. The van der Waals surface area contributed by atoms with Crippen LogP contribution >= 0.6 is 11.6 Å². The maximum atomic E-state index is 12.6. The smallest absolute Gasteiger partial charge is 0.223 e. The van der Waals surface area contributed by atoms with E-state index in [2.05, 4.69) is 25.3 Å². The van der Waals surface area contributed by atoms with Gasteiger partial charge in [0.05, 0.1) is 5.56 Å². The Bertz CT molecular complexity index is 998. The molecule has 1 amide bonds. The van der Waals surface area contributed by atoms with Crippen LogP contribution in [0.1, 0.15) is 24.3 Å². The molecular formula is C21H22ClN5O2. The van der Waals surface area contributed by atoms with Gasteiger partial charge in [-0.1, -0.05) is 28.9 Å². The van der Waals surface area contributed by atoms with Crippen molar-refractivity contribution in [3.05, 3.63) is 59.1 Å². The molecule has 1 aromatic carbocycles. The fraction of sp³-hybridized carbons (Fsp3) is 0.333. The number of amides is 1. The Hall–Kier alpha value is -2.93. The van der Waals surface area contributed by atoms with E-state index in [0.29, 0.717) is 23.3 Å². The summed E-state index contributed by atoms with van der Waals surface area (Å²) >= 11 is 6.00. The average molecular weight is 412 g/mol. The molecule has 0 spiro atoms. The van der Waals surface area contributed by atoms with Gasteiger partial charge in [-0.05, 0) is 42.7 Å². The van der Waals surface area contributed by atoms with Crippen LogP contribution in [0.3, 0.4) is 0 Å². The molecule has 0 atom stereocenters. The van der Waals surface area contributed by atoms with E-state index in [1.54, 1.807) is 13.1 Å². The summed E-state index contributed by atoms with van der Waals surface area (Å²) in [6, 6.07) is 11.3. The highest BCUT2D eigenvalue weighted by Crippen LogP contribution is 2.30. The lowest BCUT2D eigenvalue weighted by Gasteiger charge is -2.32. The Labute approximate surface area is 174 Å². The summed E-state index contributed by atoms with van der Waals surface area (Å²) in [4.78, 5) is 23.6. The van der Waals surface area contributed by atoms with Gasteiger partial charge >= 0.3 is 0 Å². The number of benzene rings is 1. The first kappa shape index (κ1) is 19.4. The molecular weight excluding hydrogens is 390 g/mol. The molecule has 0 radical (unpaired) electrons. The van der Waals surface area contributed by atoms with Crippen LogP contribution in [0.5, 0.6) is 0 Å². The van der Waals surface area contributed by atoms with Crippen LogP contribution in [-0.4, -0.2) is 34.1 Å². The third-order valence-corrected chi connectivity index (χ3v) is 5.31. The van der Waals surface area contributed by atoms with Crippen LogP contribution in [0.4, 0.5) is 5.82 Å². The quantitative estimate of drug-likeness (QED) is 0.690. The molecule has 2 aromatic heterocycles. The van der Waals surface area contributed by atoms with Crippen molar-refractivity contribution in [1.82, 2.24) is 20.4 Å². The lowest BCUT2D eigenvalue weighted by molar-refractivity contribution is -0.125. The van der Waals surface area contributed by atoms with Crippen molar-refractivity contribution < 1.29 is 9.32 Å². The van der Waals surface area contributed by atoms with Gasteiger partial charge in [0.25, 0.3) is 0 Å². The maximum Gasteiger partial charge on any atom is 0.223 e. The van der Waals surface area contributed by atoms with Crippen LogP contribution in [0, 0.1) is 12.8 Å². The van der Waals surface area contributed by atoms with E-state index in [9.17, 15) is 4.79 Å². The predicted molar refractivity (Wildman–Crippen MR) is 111 cm³/mol. The molecule has 1 N–H and O–H groups in total. The lowest BCUT2D eigenvalue weighted by Crippen LogP contribution is -2.40. The van der Waals surface area contributed by atoms with Crippen LogP contribution in [0.15, 0.2) is 47.1 Å². The third kappa shape index (κ3) is 4.56. The second-order valence-electron chi connectivity index (χ2n) is 7.12. The van der Waals surface area contributed by atoms with E-state index in [-0.39, 0.29) is 11.8 Å². The van der Waals surface area contributed by atoms with Crippen LogP contribution in [0.25, 0.3) is 11.4 Å². The van der Waals surface area contributed by atoms with E-state index in [1.807, 2.05) is 36.4 Å². The Morgan fingerprint density at radius 1 is 1.28 bits per heavy atom. The van der Waals surface area contributed by atoms with E-state index >= 15 is 0 Å². The van der Waals surface area contributed by atoms with E-state index < -0.39 is 0 Å². The number of carbonyl (C=O) groups excluding carboxylic acids is 1. The highest BCUT2D eigenvalue weighted by Gasteiger charge is 2.27. The first-order chi connectivity index (χ1) is 14.1. The highest BCUT2D eigenvalue weighted by molar-refractivity contribution is 6.30. The molecule has 3 aromatic rings. The van der Waals surface area contributed by atoms with Gasteiger partial charge in [0, 0.05) is 43.7 Å². The van der Waals surface area contributed by atoms with Gasteiger partial charge in [0.15, 0.2) is 0 Å². The van der Waals surface area contributed by atoms with Crippen LogP contribution in [0.2, 0.25) is 5.02 Å². The number of piperidine rings is 1. The molecule has 4 rings (SSSR count). The Kier molecular flexibility index (Phi) is 5.76. The number of anilines is 1. The lowest BCUT2D eigenvalue weighted by atomic mass is 9.95. The minimum atomic E-state index is -0.00924. The van der Waals surface area contributed by atoms with E-state index in [1.165, 1.54) is 0 Å². The highest BCUT2D eigenvalue weighted by atomic mass is 35.5. The first-order valence-electron chi connectivity index (χ1n) is 9.63. The second-order valence-corrected chi connectivity index (χ2v) is 7.56. The molecule has 150 valence electrons. The van der Waals surface area contributed by atoms with Crippen molar-refractivity contribution in [2.24, 2.45) is 5.92 Å². The molecule has 0 unspecified atom stereocenters. The predicted octanol–water partition coefficient (Wildman–Crippen LogP) is 3.63. The number of aryl methyl sites for hydroxylation is 1. The molecule has 1 aliphatic rings. The molecule has 8 heteroatoms. The van der Waals surface area contributed by atoms with Gasteiger partial charge in [-0.2, -0.15) is 4.98 Å². The molecule has 3 heterocycles. The number of hydrogen-bond donors (Lipinski definition) is 1. The summed E-state index contributed by atoms with van der Waals surface area (Å²) < 4.78 is 5.11. The fourth-order valence-corrected chi connectivity index (χ4v) is 3.78. The van der Waals surface area contributed by atoms with Gasteiger partial charge in [-0.25, -0.2) is 4.98 Å².